The largest absolute Gasteiger partial charge is 0.393 e. The lowest BCUT2D eigenvalue weighted by Crippen LogP contribution is -2.44. The monoisotopic (exact) mass is 238 g/mol. The summed E-state index contributed by atoms with van der Waals surface area (Å²) in [7, 11) is 0. The Kier molecular flexibility index (Phi) is 2.58. The second-order valence-electron chi connectivity index (χ2n) is 5.47. The zero-order valence-electron chi connectivity index (χ0n) is 9.76. The van der Waals surface area contributed by atoms with E-state index in [1.54, 1.807) is 0 Å². The minimum absolute atomic E-state index is 0.0252. The summed E-state index contributed by atoms with van der Waals surface area (Å²) in [4.78, 5) is 25.1. The number of nitrogens with zero attached hydrogens (tertiary/aromatic N) is 1. The van der Waals surface area contributed by atoms with Gasteiger partial charge in [0.25, 0.3) is 0 Å². The van der Waals surface area contributed by atoms with Gasteiger partial charge in [-0.25, -0.2) is 0 Å². The molecule has 0 bridgehead atoms. The molecule has 0 aromatic heterocycles. The molecule has 3 aliphatic rings. The van der Waals surface area contributed by atoms with Gasteiger partial charge in [0.1, 0.15) is 6.04 Å². The molecule has 94 valence electrons. The first-order chi connectivity index (χ1) is 8.15. The molecule has 5 nitrogen and oxygen atoms in total. The van der Waals surface area contributed by atoms with E-state index < -0.39 is 0 Å². The molecule has 0 spiro atoms. The summed E-state index contributed by atoms with van der Waals surface area (Å²) >= 11 is 0. The van der Waals surface area contributed by atoms with Gasteiger partial charge in [-0.15, -0.1) is 0 Å². The molecule has 0 aromatic carbocycles. The standard InChI is InChI=1S/C12H18N2O3/c15-10-3-1-7-5-14(6-8(7)10)12(17)9-2-4-11(16)13-9/h7-10,15H,1-6H2,(H,13,16). The van der Waals surface area contributed by atoms with Crippen LogP contribution in [-0.4, -0.2) is 47.1 Å². The molecule has 2 amide bonds. The van der Waals surface area contributed by atoms with Gasteiger partial charge in [0.15, 0.2) is 0 Å². The highest BCUT2D eigenvalue weighted by atomic mass is 16.3. The molecule has 4 atom stereocenters. The molecular formula is C12H18N2O3. The van der Waals surface area contributed by atoms with Gasteiger partial charge >= 0.3 is 0 Å². The first kappa shape index (κ1) is 11.0. The highest BCUT2D eigenvalue weighted by Crippen LogP contribution is 2.38. The first-order valence-electron chi connectivity index (χ1n) is 6.41. The van der Waals surface area contributed by atoms with Crippen molar-refractivity contribution >= 4 is 11.8 Å². The van der Waals surface area contributed by atoms with E-state index in [2.05, 4.69) is 5.32 Å². The summed E-state index contributed by atoms with van der Waals surface area (Å²) in [5, 5.41) is 12.5. The van der Waals surface area contributed by atoms with Crippen LogP contribution in [0.1, 0.15) is 25.7 Å². The van der Waals surface area contributed by atoms with Crippen molar-refractivity contribution in [2.75, 3.05) is 13.1 Å². The van der Waals surface area contributed by atoms with Gasteiger partial charge in [-0.3, -0.25) is 9.59 Å². The Balaban J connectivity index is 1.63. The third kappa shape index (κ3) is 1.82. The lowest BCUT2D eigenvalue weighted by atomic mass is 10.00. The molecule has 1 saturated carbocycles. The van der Waals surface area contributed by atoms with Crippen molar-refractivity contribution in [3.8, 4) is 0 Å². The molecule has 3 fully saturated rings. The van der Waals surface area contributed by atoms with Crippen LogP contribution in [0, 0.1) is 11.8 Å². The third-order valence-corrected chi connectivity index (χ3v) is 4.42. The summed E-state index contributed by atoms with van der Waals surface area (Å²) in [5.41, 5.74) is 0. The van der Waals surface area contributed by atoms with Crippen LogP contribution in [0.15, 0.2) is 0 Å². The highest BCUT2D eigenvalue weighted by Gasteiger charge is 2.44. The molecule has 2 heterocycles. The Bertz CT molecular complexity index is 358. The third-order valence-electron chi connectivity index (χ3n) is 4.42. The quantitative estimate of drug-likeness (QED) is 0.646. The van der Waals surface area contributed by atoms with Gasteiger partial charge < -0.3 is 15.3 Å². The number of amides is 2. The Morgan fingerprint density at radius 1 is 1.29 bits per heavy atom. The number of aliphatic hydroxyl groups excluding tert-OH is 1. The normalized spacial score (nSPS) is 40.5. The number of rotatable bonds is 1. The van der Waals surface area contributed by atoms with E-state index in [4.69, 9.17) is 0 Å². The molecule has 1 aliphatic carbocycles. The van der Waals surface area contributed by atoms with Gasteiger partial charge in [0.05, 0.1) is 6.10 Å². The molecule has 0 radical (unpaired) electrons. The maximum atomic E-state index is 12.2. The first-order valence-corrected chi connectivity index (χ1v) is 6.41. The van der Waals surface area contributed by atoms with E-state index in [0.29, 0.717) is 25.3 Å². The van der Waals surface area contributed by atoms with Crippen LogP contribution in [0.3, 0.4) is 0 Å². The maximum Gasteiger partial charge on any atom is 0.245 e. The average Bonchev–Trinajstić information content (AvgIpc) is 2.96. The molecule has 3 rings (SSSR count). The minimum atomic E-state index is -0.321. The highest BCUT2D eigenvalue weighted by molar-refractivity contribution is 5.90. The smallest absolute Gasteiger partial charge is 0.245 e. The molecule has 17 heavy (non-hydrogen) atoms. The molecular weight excluding hydrogens is 220 g/mol. The van der Waals surface area contributed by atoms with E-state index in [1.807, 2.05) is 4.90 Å². The fourth-order valence-corrected chi connectivity index (χ4v) is 3.44. The summed E-state index contributed by atoms with van der Waals surface area (Å²) < 4.78 is 0. The Labute approximate surface area is 100 Å². The summed E-state index contributed by atoms with van der Waals surface area (Å²) in [6, 6.07) is -0.321. The lowest BCUT2D eigenvalue weighted by molar-refractivity contribution is -0.133. The predicted octanol–water partition coefficient (Wildman–Crippen LogP) is -0.506. The summed E-state index contributed by atoms with van der Waals surface area (Å²) in [6.07, 6.45) is 2.73. The summed E-state index contributed by atoms with van der Waals surface area (Å²) in [5.74, 6) is 0.738. The second-order valence-corrected chi connectivity index (χ2v) is 5.47. The molecule has 2 aliphatic heterocycles. The van der Waals surface area contributed by atoms with Crippen LogP contribution >= 0.6 is 0 Å². The van der Waals surface area contributed by atoms with Crippen molar-refractivity contribution in [2.24, 2.45) is 11.8 Å². The van der Waals surface area contributed by atoms with Gasteiger partial charge in [-0.2, -0.15) is 0 Å². The van der Waals surface area contributed by atoms with Gasteiger partial charge in [-0.1, -0.05) is 0 Å². The average molecular weight is 238 g/mol. The van der Waals surface area contributed by atoms with Crippen molar-refractivity contribution in [1.29, 1.82) is 0 Å². The number of nitrogens with one attached hydrogen (secondary N) is 1. The van der Waals surface area contributed by atoms with E-state index >= 15 is 0 Å². The SMILES string of the molecule is O=C1CCC(C(=O)N2CC3CCC(O)C3C2)N1. The fraction of sp³-hybridized carbons (Fsp3) is 0.833. The van der Waals surface area contributed by atoms with Crippen molar-refractivity contribution in [2.45, 2.75) is 37.8 Å². The minimum Gasteiger partial charge on any atom is -0.393 e. The second kappa shape index (κ2) is 3.98. The maximum absolute atomic E-state index is 12.2. The molecule has 5 heteroatoms. The van der Waals surface area contributed by atoms with Gasteiger partial charge in [-0.05, 0) is 25.2 Å². The molecule has 4 unspecified atom stereocenters. The lowest BCUT2D eigenvalue weighted by Gasteiger charge is -2.21. The summed E-state index contributed by atoms with van der Waals surface area (Å²) in [6.45, 7) is 1.42. The van der Waals surface area contributed by atoms with E-state index in [1.165, 1.54) is 0 Å². The van der Waals surface area contributed by atoms with Crippen LogP contribution in [0.4, 0.5) is 0 Å². The van der Waals surface area contributed by atoms with E-state index in [-0.39, 0.29) is 29.9 Å². The van der Waals surface area contributed by atoms with Gasteiger partial charge in [0.2, 0.25) is 11.8 Å². The number of carbonyl (C=O) groups is 2. The van der Waals surface area contributed by atoms with Crippen LogP contribution in [-0.2, 0) is 9.59 Å². The number of fused-ring (bicyclic) bond motifs is 1. The van der Waals surface area contributed by atoms with Crippen LogP contribution in [0.25, 0.3) is 0 Å². The Morgan fingerprint density at radius 2 is 2.12 bits per heavy atom. The predicted molar refractivity (Wildman–Crippen MR) is 60.0 cm³/mol. The van der Waals surface area contributed by atoms with E-state index in [0.717, 1.165) is 19.4 Å². The van der Waals surface area contributed by atoms with Crippen LogP contribution in [0.2, 0.25) is 0 Å². The van der Waals surface area contributed by atoms with Crippen LogP contribution in [0.5, 0.6) is 0 Å². The molecule has 2 saturated heterocycles. The topological polar surface area (TPSA) is 69.6 Å². The zero-order valence-corrected chi connectivity index (χ0v) is 9.76. The fourth-order valence-electron chi connectivity index (χ4n) is 3.44. The van der Waals surface area contributed by atoms with Crippen molar-refractivity contribution in [1.82, 2.24) is 10.2 Å². The van der Waals surface area contributed by atoms with Crippen molar-refractivity contribution in [3.05, 3.63) is 0 Å². The number of likely N-dealkylation sites (tertiary alicyclic amines) is 1. The number of carbonyl (C=O) groups excluding carboxylic acids is 2. The Morgan fingerprint density at radius 3 is 2.76 bits per heavy atom. The molecule has 0 aromatic rings. The van der Waals surface area contributed by atoms with Crippen LogP contribution < -0.4 is 5.32 Å². The zero-order chi connectivity index (χ0) is 12.0. The number of hydrogen-bond donors (Lipinski definition) is 2. The van der Waals surface area contributed by atoms with Gasteiger partial charge in [0, 0.05) is 25.4 Å². The van der Waals surface area contributed by atoms with E-state index in [9.17, 15) is 14.7 Å². The number of aliphatic hydroxyl groups is 1. The van der Waals surface area contributed by atoms with Crippen molar-refractivity contribution in [3.63, 3.8) is 0 Å². The van der Waals surface area contributed by atoms with Crippen molar-refractivity contribution < 1.29 is 14.7 Å². The molecule has 2 N–H and O–H groups in total. The Hall–Kier alpha value is -1.10. The number of hydrogen-bond acceptors (Lipinski definition) is 3.